The Morgan fingerprint density at radius 1 is 1.29 bits per heavy atom. The predicted octanol–water partition coefficient (Wildman–Crippen LogP) is 1.82. The van der Waals surface area contributed by atoms with Gasteiger partial charge in [-0.25, -0.2) is 9.97 Å². The molecular weight excluding hydrogens is 212 g/mol. The number of nitrogens with one attached hydrogen (secondary N) is 1. The van der Waals surface area contributed by atoms with Gasteiger partial charge in [-0.05, 0) is 17.7 Å². The van der Waals surface area contributed by atoms with Crippen LogP contribution >= 0.6 is 0 Å². The normalized spacial score (nSPS) is 11.0. The molecule has 0 saturated carbocycles. The first-order valence-electron chi connectivity index (χ1n) is 5.88. The SMILES string of the molecule is CC(C)NCc1ccn(Cc2ncccn2)c1. The van der Waals surface area contributed by atoms with E-state index in [-0.39, 0.29) is 0 Å². The first-order chi connectivity index (χ1) is 8.24. The van der Waals surface area contributed by atoms with Crippen molar-refractivity contribution in [3.05, 3.63) is 48.3 Å². The van der Waals surface area contributed by atoms with Crippen LogP contribution < -0.4 is 5.32 Å². The molecule has 0 radical (unpaired) electrons. The third-order valence-electron chi connectivity index (χ3n) is 2.47. The van der Waals surface area contributed by atoms with Gasteiger partial charge in [0.15, 0.2) is 0 Å². The number of aromatic nitrogens is 3. The second kappa shape index (κ2) is 5.59. The third-order valence-corrected chi connectivity index (χ3v) is 2.47. The zero-order chi connectivity index (χ0) is 12.1. The Morgan fingerprint density at radius 2 is 2.06 bits per heavy atom. The lowest BCUT2D eigenvalue weighted by Crippen LogP contribution is -2.21. The van der Waals surface area contributed by atoms with Crippen LogP contribution in [-0.2, 0) is 13.1 Å². The lowest BCUT2D eigenvalue weighted by Gasteiger charge is -2.05. The molecule has 2 heterocycles. The van der Waals surface area contributed by atoms with E-state index in [0.717, 1.165) is 18.9 Å². The predicted molar refractivity (Wildman–Crippen MR) is 67.5 cm³/mol. The van der Waals surface area contributed by atoms with Crippen LogP contribution in [0.25, 0.3) is 0 Å². The third kappa shape index (κ3) is 3.67. The molecule has 0 amide bonds. The molecule has 0 fully saturated rings. The van der Waals surface area contributed by atoms with Gasteiger partial charge in [0, 0.05) is 37.4 Å². The maximum absolute atomic E-state index is 4.21. The fourth-order valence-corrected chi connectivity index (χ4v) is 1.59. The summed E-state index contributed by atoms with van der Waals surface area (Å²) in [4.78, 5) is 8.42. The van der Waals surface area contributed by atoms with Crippen LogP contribution in [0.2, 0.25) is 0 Å². The second-order valence-electron chi connectivity index (χ2n) is 4.39. The van der Waals surface area contributed by atoms with E-state index in [4.69, 9.17) is 0 Å². The fraction of sp³-hybridized carbons (Fsp3) is 0.385. The minimum absolute atomic E-state index is 0.510. The minimum Gasteiger partial charge on any atom is -0.346 e. The highest BCUT2D eigenvalue weighted by molar-refractivity contribution is 5.11. The largest absolute Gasteiger partial charge is 0.346 e. The molecule has 4 nitrogen and oxygen atoms in total. The van der Waals surface area contributed by atoms with Gasteiger partial charge in [-0.2, -0.15) is 0 Å². The second-order valence-corrected chi connectivity index (χ2v) is 4.39. The molecule has 2 aromatic rings. The molecule has 0 bridgehead atoms. The van der Waals surface area contributed by atoms with Crippen LogP contribution in [0.4, 0.5) is 0 Å². The van der Waals surface area contributed by atoms with Crippen LogP contribution in [0.1, 0.15) is 25.2 Å². The van der Waals surface area contributed by atoms with Gasteiger partial charge in [0.1, 0.15) is 5.82 Å². The molecule has 17 heavy (non-hydrogen) atoms. The van der Waals surface area contributed by atoms with Gasteiger partial charge in [0.2, 0.25) is 0 Å². The summed E-state index contributed by atoms with van der Waals surface area (Å²) < 4.78 is 2.10. The van der Waals surface area contributed by atoms with E-state index in [9.17, 15) is 0 Å². The number of hydrogen-bond acceptors (Lipinski definition) is 3. The lowest BCUT2D eigenvalue weighted by atomic mass is 10.3. The van der Waals surface area contributed by atoms with Crippen molar-refractivity contribution in [2.45, 2.75) is 33.0 Å². The highest BCUT2D eigenvalue weighted by atomic mass is 15.0. The van der Waals surface area contributed by atoms with Crippen molar-refractivity contribution in [1.29, 1.82) is 0 Å². The van der Waals surface area contributed by atoms with E-state index < -0.39 is 0 Å². The molecule has 0 aliphatic rings. The first kappa shape index (κ1) is 11.8. The van der Waals surface area contributed by atoms with Gasteiger partial charge in [-0.15, -0.1) is 0 Å². The molecule has 0 unspecified atom stereocenters. The highest BCUT2D eigenvalue weighted by Gasteiger charge is 2.00. The molecule has 0 saturated heterocycles. The van der Waals surface area contributed by atoms with Gasteiger partial charge in [-0.3, -0.25) is 0 Å². The zero-order valence-electron chi connectivity index (χ0n) is 10.3. The Balaban J connectivity index is 1.94. The highest BCUT2D eigenvalue weighted by Crippen LogP contribution is 2.03. The summed E-state index contributed by atoms with van der Waals surface area (Å²) in [6.07, 6.45) is 7.74. The van der Waals surface area contributed by atoms with Crippen LogP contribution in [-0.4, -0.2) is 20.6 Å². The molecule has 0 aliphatic carbocycles. The van der Waals surface area contributed by atoms with Crippen molar-refractivity contribution in [3.8, 4) is 0 Å². The van der Waals surface area contributed by atoms with Crippen molar-refractivity contribution in [2.75, 3.05) is 0 Å². The Hall–Kier alpha value is -1.68. The molecule has 90 valence electrons. The average molecular weight is 230 g/mol. The van der Waals surface area contributed by atoms with E-state index in [2.05, 4.69) is 52.2 Å². The van der Waals surface area contributed by atoms with E-state index in [1.54, 1.807) is 12.4 Å². The Morgan fingerprint density at radius 3 is 2.76 bits per heavy atom. The Kier molecular flexibility index (Phi) is 3.88. The Labute approximate surface area is 102 Å². The average Bonchev–Trinajstić information content (AvgIpc) is 2.75. The smallest absolute Gasteiger partial charge is 0.147 e. The van der Waals surface area contributed by atoms with Crippen LogP contribution in [0.15, 0.2) is 36.9 Å². The lowest BCUT2D eigenvalue weighted by molar-refractivity contribution is 0.588. The maximum atomic E-state index is 4.21. The monoisotopic (exact) mass is 230 g/mol. The molecule has 2 rings (SSSR count). The van der Waals surface area contributed by atoms with Gasteiger partial charge >= 0.3 is 0 Å². The number of rotatable bonds is 5. The first-order valence-corrected chi connectivity index (χ1v) is 5.88. The zero-order valence-corrected chi connectivity index (χ0v) is 10.3. The summed E-state index contributed by atoms with van der Waals surface area (Å²) in [6.45, 7) is 5.92. The van der Waals surface area contributed by atoms with Crippen LogP contribution in [0, 0.1) is 0 Å². The maximum Gasteiger partial charge on any atom is 0.147 e. The molecule has 0 aliphatic heterocycles. The summed E-state index contributed by atoms with van der Waals surface area (Å²) >= 11 is 0. The molecular formula is C13H18N4. The molecule has 1 N–H and O–H groups in total. The Bertz CT molecular complexity index is 447. The molecule has 0 atom stereocenters. The van der Waals surface area contributed by atoms with Crippen LogP contribution in [0.3, 0.4) is 0 Å². The summed E-state index contributed by atoms with van der Waals surface area (Å²) in [6, 6.07) is 4.46. The van der Waals surface area contributed by atoms with E-state index in [0.29, 0.717) is 6.04 Å². The molecule has 0 aromatic carbocycles. The number of nitrogens with zero attached hydrogens (tertiary/aromatic N) is 3. The van der Waals surface area contributed by atoms with E-state index >= 15 is 0 Å². The minimum atomic E-state index is 0.510. The summed E-state index contributed by atoms with van der Waals surface area (Å²) in [7, 11) is 0. The number of hydrogen-bond donors (Lipinski definition) is 1. The molecule has 4 heteroatoms. The van der Waals surface area contributed by atoms with Crippen molar-refractivity contribution in [2.24, 2.45) is 0 Å². The van der Waals surface area contributed by atoms with Crippen molar-refractivity contribution >= 4 is 0 Å². The fourth-order valence-electron chi connectivity index (χ4n) is 1.59. The van der Waals surface area contributed by atoms with Crippen molar-refractivity contribution in [3.63, 3.8) is 0 Å². The summed E-state index contributed by atoms with van der Waals surface area (Å²) in [5.74, 6) is 0.839. The van der Waals surface area contributed by atoms with Gasteiger partial charge in [-0.1, -0.05) is 13.8 Å². The van der Waals surface area contributed by atoms with Gasteiger partial charge < -0.3 is 9.88 Å². The van der Waals surface area contributed by atoms with Gasteiger partial charge in [0.25, 0.3) is 0 Å². The van der Waals surface area contributed by atoms with Gasteiger partial charge in [0.05, 0.1) is 6.54 Å². The van der Waals surface area contributed by atoms with E-state index in [1.165, 1.54) is 5.56 Å². The van der Waals surface area contributed by atoms with Crippen molar-refractivity contribution in [1.82, 2.24) is 19.9 Å². The molecule has 2 aromatic heterocycles. The quantitative estimate of drug-likeness (QED) is 0.852. The van der Waals surface area contributed by atoms with Crippen molar-refractivity contribution < 1.29 is 0 Å². The summed E-state index contributed by atoms with van der Waals surface area (Å²) in [5.41, 5.74) is 1.29. The van der Waals surface area contributed by atoms with Crippen LogP contribution in [0.5, 0.6) is 0 Å². The topological polar surface area (TPSA) is 42.7 Å². The summed E-state index contributed by atoms with van der Waals surface area (Å²) in [5, 5.41) is 3.39. The van der Waals surface area contributed by atoms with E-state index in [1.807, 2.05) is 6.07 Å². The standard InChI is InChI=1S/C13H18N4/c1-11(2)16-8-12-4-7-17(9-12)10-13-14-5-3-6-15-13/h3-7,9,11,16H,8,10H2,1-2H3. The molecule has 0 spiro atoms.